The van der Waals surface area contributed by atoms with Crippen LogP contribution in [0, 0.1) is 0 Å². The molecule has 0 radical (unpaired) electrons. The first kappa shape index (κ1) is 19.8. The summed E-state index contributed by atoms with van der Waals surface area (Å²) in [4.78, 5) is 11.1. The summed E-state index contributed by atoms with van der Waals surface area (Å²) in [5, 5.41) is 19.4. The minimum Gasteiger partial charge on any atom is -0.497 e. The highest BCUT2D eigenvalue weighted by Crippen LogP contribution is 2.21. The number of aliphatic carboxylic acids is 1. The van der Waals surface area contributed by atoms with E-state index in [-0.39, 0.29) is 13.0 Å². The summed E-state index contributed by atoms with van der Waals surface area (Å²) < 4.78 is 16.0. The number of carboxylic acids is 1. The van der Waals surface area contributed by atoms with Crippen LogP contribution in [0.5, 0.6) is 11.5 Å². The summed E-state index contributed by atoms with van der Waals surface area (Å²) in [7, 11) is 1.57. The molecule has 0 aromatic heterocycles. The van der Waals surface area contributed by atoms with Crippen LogP contribution in [0.4, 0.5) is 0 Å². The fourth-order valence-electron chi connectivity index (χ4n) is 2.47. The topological polar surface area (TPSA) is 85.2 Å². The Morgan fingerprint density at radius 2 is 1.85 bits per heavy atom. The lowest BCUT2D eigenvalue weighted by Crippen LogP contribution is -2.26. The summed E-state index contributed by atoms with van der Waals surface area (Å²) in [5.41, 5.74) is 1.55. The van der Waals surface area contributed by atoms with Crippen LogP contribution in [0.3, 0.4) is 0 Å². The molecule has 2 aromatic rings. The van der Waals surface area contributed by atoms with Crippen molar-refractivity contribution in [2.24, 2.45) is 0 Å². The minimum atomic E-state index is -0.978. The molecule has 0 heterocycles. The summed E-state index contributed by atoms with van der Waals surface area (Å²) in [6.45, 7) is 2.21. The van der Waals surface area contributed by atoms with Gasteiger partial charge in [-0.1, -0.05) is 24.3 Å². The largest absolute Gasteiger partial charge is 0.497 e. The third-order valence-corrected chi connectivity index (χ3v) is 3.87. The molecule has 0 bridgehead atoms. The molecule has 0 aliphatic rings. The molecule has 0 saturated carbocycles. The molecule has 2 atom stereocenters. The van der Waals surface area contributed by atoms with Crippen LogP contribution in [0.1, 0.15) is 24.2 Å². The molecule has 6 nitrogen and oxygen atoms in total. The van der Waals surface area contributed by atoms with E-state index in [0.29, 0.717) is 23.7 Å². The van der Waals surface area contributed by atoms with Crippen molar-refractivity contribution in [1.29, 1.82) is 0 Å². The second kappa shape index (κ2) is 9.79. The molecule has 26 heavy (non-hydrogen) atoms. The monoisotopic (exact) mass is 360 g/mol. The predicted molar refractivity (Wildman–Crippen MR) is 96.6 cm³/mol. The number of methoxy groups -OCH3 is 1. The van der Waals surface area contributed by atoms with Crippen LogP contribution in [-0.4, -0.2) is 42.6 Å². The van der Waals surface area contributed by atoms with Gasteiger partial charge in [0.15, 0.2) is 6.10 Å². The fourth-order valence-corrected chi connectivity index (χ4v) is 2.47. The number of carbonyl (C=O) groups is 1. The predicted octanol–water partition coefficient (Wildman–Crippen LogP) is 2.84. The average Bonchev–Trinajstić information content (AvgIpc) is 2.66. The number of benzene rings is 2. The molecule has 0 saturated heterocycles. The Morgan fingerprint density at radius 3 is 2.46 bits per heavy atom. The number of hydrogen-bond acceptors (Lipinski definition) is 5. The van der Waals surface area contributed by atoms with Gasteiger partial charge in [-0.25, -0.2) is 4.79 Å². The van der Waals surface area contributed by atoms with Gasteiger partial charge in [-0.3, -0.25) is 0 Å². The molecular weight excluding hydrogens is 336 g/mol. The maximum absolute atomic E-state index is 11.1. The Kier molecular flexibility index (Phi) is 7.44. The summed E-state index contributed by atoms with van der Waals surface area (Å²) >= 11 is 0. The molecule has 0 spiro atoms. The molecule has 0 fully saturated rings. The highest BCUT2D eigenvalue weighted by atomic mass is 16.5. The number of aliphatic hydroxyl groups is 1. The van der Waals surface area contributed by atoms with Crippen LogP contribution in [0.2, 0.25) is 0 Å². The van der Waals surface area contributed by atoms with Gasteiger partial charge in [-0.2, -0.15) is 0 Å². The second-order valence-electron chi connectivity index (χ2n) is 5.73. The standard InChI is InChI=1S/C20H24O6/c1-3-25-19(20(22)23)11-14-7-9-16(10-8-14)26-13-18(21)15-5-4-6-17(12-15)24-2/h4-10,12,18-19,21H,3,11,13H2,1-2H3,(H,22,23)/t18-,19?/m1/s1. The summed E-state index contributed by atoms with van der Waals surface area (Å²) in [5.74, 6) is 0.292. The van der Waals surface area contributed by atoms with E-state index in [9.17, 15) is 9.90 Å². The van der Waals surface area contributed by atoms with Crippen molar-refractivity contribution in [3.8, 4) is 11.5 Å². The van der Waals surface area contributed by atoms with Crippen LogP contribution < -0.4 is 9.47 Å². The van der Waals surface area contributed by atoms with Crippen molar-refractivity contribution >= 4 is 5.97 Å². The number of rotatable bonds is 10. The van der Waals surface area contributed by atoms with Gasteiger partial charge in [0, 0.05) is 13.0 Å². The fraction of sp³-hybridized carbons (Fsp3) is 0.350. The lowest BCUT2D eigenvalue weighted by atomic mass is 10.1. The summed E-state index contributed by atoms with van der Waals surface area (Å²) in [6.07, 6.45) is -1.35. The van der Waals surface area contributed by atoms with Gasteiger partial charge in [0.1, 0.15) is 24.2 Å². The highest BCUT2D eigenvalue weighted by molar-refractivity contribution is 5.72. The number of aliphatic hydroxyl groups excluding tert-OH is 1. The molecule has 0 aliphatic heterocycles. The zero-order chi connectivity index (χ0) is 18.9. The van der Waals surface area contributed by atoms with Gasteiger partial charge in [-0.15, -0.1) is 0 Å². The second-order valence-corrected chi connectivity index (χ2v) is 5.73. The van der Waals surface area contributed by atoms with Crippen LogP contribution >= 0.6 is 0 Å². The van der Waals surface area contributed by atoms with Crippen LogP contribution in [0.15, 0.2) is 48.5 Å². The third-order valence-electron chi connectivity index (χ3n) is 3.87. The van der Waals surface area contributed by atoms with Gasteiger partial charge in [0.05, 0.1) is 7.11 Å². The maximum Gasteiger partial charge on any atom is 0.333 e. The SMILES string of the molecule is CCOC(Cc1ccc(OC[C@@H](O)c2cccc(OC)c2)cc1)C(=O)O. The molecule has 1 unspecified atom stereocenters. The first-order chi connectivity index (χ1) is 12.5. The lowest BCUT2D eigenvalue weighted by Gasteiger charge is -2.15. The first-order valence-corrected chi connectivity index (χ1v) is 8.41. The van der Waals surface area contributed by atoms with Gasteiger partial charge in [0.2, 0.25) is 0 Å². The van der Waals surface area contributed by atoms with Crippen molar-refractivity contribution in [3.05, 3.63) is 59.7 Å². The van der Waals surface area contributed by atoms with E-state index >= 15 is 0 Å². The quantitative estimate of drug-likeness (QED) is 0.678. The van der Waals surface area contributed by atoms with Crippen molar-refractivity contribution in [3.63, 3.8) is 0 Å². The maximum atomic E-state index is 11.1. The van der Waals surface area contributed by atoms with E-state index in [0.717, 1.165) is 5.56 Å². The van der Waals surface area contributed by atoms with E-state index < -0.39 is 18.2 Å². The van der Waals surface area contributed by atoms with E-state index in [1.54, 1.807) is 50.4 Å². The summed E-state index contributed by atoms with van der Waals surface area (Å²) in [6, 6.07) is 14.3. The molecule has 6 heteroatoms. The smallest absolute Gasteiger partial charge is 0.333 e. The Balaban J connectivity index is 1.91. The average molecular weight is 360 g/mol. The van der Waals surface area contributed by atoms with Gasteiger partial charge < -0.3 is 24.4 Å². The Morgan fingerprint density at radius 1 is 1.12 bits per heavy atom. The third kappa shape index (κ3) is 5.75. The van der Waals surface area contributed by atoms with E-state index in [1.165, 1.54) is 0 Å². The van der Waals surface area contributed by atoms with Gasteiger partial charge >= 0.3 is 5.97 Å². The van der Waals surface area contributed by atoms with Crippen molar-refractivity contribution < 1.29 is 29.2 Å². The van der Waals surface area contributed by atoms with E-state index in [4.69, 9.17) is 19.3 Å². The number of ether oxygens (including phenoxy) is 3. The van der Waals surface area contributed by atoms with E-state index in [2.05, 4.69) is 0 Å². The molecule has 140 valence electrons. The molecule has 2 rings (SSSR count). The van der Waals surface area contributed by atoms with Crippen molar-refractivity contribution in [2.45, 2.75) is 25.6 Å². The number of carboxylic acid groups (broad SMARTS) is 1. The normalized spacial score (nSPS) is 13.0. The van der Waals surface area contributed by atoms with E-state index in [1.807, 2.05) is 12.1 Å². The Hall–Kier alpha value is -2.57. The molecule has 0 aliphatic carbocycles. The zero-order valence-electron chi connectivity index (χ0n) is 14.9. The molecular formula is C20H24O6. The first-order valence-electron chi connectivity index (χ1n) is 8.41. The Bertz CT molecular complexity index is 698. The number of hydrogen-bond donors (Lipinski definition) is 2. The van der Waals surface area contributed by atoms with Gasteiger partial charge in [-0.05, 0) is 42.3 Å². The molecule has 0 amide bonds. The zero-order valence-corrected chi connectivity index (χ0v) is 14.9. The lowest BCUT2D eigenvalue weighted by molar-refractivity contribution is -0.149. The van der Waals surface area contributed by atoms with Crippen molar-refractivity contribution in [1.82, 2.24) is 0 Å². The molecule has 2 aromatic carbocycles. The minimum absolute atomic E-state index is 0.100. The van der Waals surface area contributed by atoms with Crippen LogP contribution in [0.25, 0.3) is 0 Å². The van der Waals surface area contributed by atoms with Gasteiger partial charge in [0.25, 0.3) is 0 Å². The highest BCUT2D eigenvalue weighted by Gasteiger charge is 2.18. The molecule has 2 N–H and O–H groups in total. The van der Waals surface area contributed by atoms with Crippen LogP contribution in [-0.2, 0) is 16.0 Å². The van der Waals surface area contributed by atoms with Crippen molar-refractivity contribution in [2.75, 3.05) is 20.3 Å². The Labute approximate surface area is 152 Å².